The molecule has 0 bridgehead atoms. The van der Waals surface area contributed by atoms with Crippen LogP contribution in [0.5, 0.6) is 0 Å². The van der Waals surface area contributed by atoms with Crippen molar-refractivity contribution in [2.45, 2.75) is 32.7 Å². The molecule has 1 rings (SSSR count). The van der Waals surface area contributed by atoms with Gasteiger partial charge < -0.3 is 15.4 Å². The van der Waals surface area contributed by atoms with Gasteiger partial charge in [-0.15, -0.1) is 0 Å². The molecule has 2 atom stereocenters. The van der Waals surface area contributed by atoms with Gasteiger partial charge in [0.1, 0.15) is 0 Å². The van der Waals surface area contributed by atoms with Crippen LogP contribution in [0.25, 0.3) is 0 Å². The Kier molecular flexibility index (Phi) is 4.20. The zero-order chi connectivity index (χ0) is 10.6. The topological polar surface area (TPSA) is 55.6 Å². The van der Waals surface area contributed by atoms with Gasteiger partial charge in [0.2, 0.25) is 0 Å². The van der Waals surface area contributed by atoms with Gasteiger partial charge in [-0.3, -0.25) is 0 Å². The number of hydrogen-bond donors (Lipinski definition) is 1. The zero-order valence-electron chi connectivity index (χ0n) is 9.03. The van der Waals surface area contributed by atoms with Crippen LogP contribution in [0.4, 0.5) is 4.79 Å². The Bertz CT molecular complexity index is 195. The molecule has 4 heteroatoms. The molecule has 0 unspecified atom stereocenters. The van der Waals surface area contributed by atoms with Crippen LogP contribution in [0, 0.1) is 5.92 Å². The molecule has 1 aliphatic rings. The highest BCUT2D eigenvalue weighted by atomic mass is 16.6. The molecule has 82 valence electrons. The summed E-state index contributed by atoms with van der Waals surface area (Å²) in [6, 6.07) is 0.159. The molecule has 14 heavy (non-hydrogen) atoms. The van der Waals surface area contributed by atoms with Gasteiger partial charge in [-0.05, 0) is 32.6 Å². The Balaban J connectivity index is 2.43. The Morgan fingerprint density at radius 3 is 3.00 bits per heavy atom. The van der Waals surface area contributed by atoms with E-state index in [1.165, 1.54) is 0 Å². The normalized spacial score (nSPS) is 24.5. The average Bonchev–Trinajstić information content (AvgIpc) is 2.18. The molecule has 0 spiro atoms. The van der Waals surface area contributed by atoms with Gasteiger partial charge in [0.25, 0.3) is 0 Å². The lowest BCUT2D eigenvalue weighted by Crippen LogP contribution is -2.45. The highest BCUT2D eigenvalue weighted by Gasteiger charge is 2.26. The predicted octanol–water partition coefficient (Wildman–Crippen LogP) is 1.20. The van der Waals surface area contributed by atoms with Gasteiger partial charge in [0, 0.05) is 19.1 Å². The monoisotopic (exact) mass is 200 g/mol. The molecular weight excluding hydrogens is 180 g/mol. The molecule has 1 fully saturated rings. The third-order valence-electron chi connectivity index (χ3n) is 2.73. The SMILES string of the molecule is CCOC(=O)N1CCC[C@@H]([C@H](C)N)C1. The number of amides is 1. The third kappa shape index (κ3) is 2.87. The lowest BCUT2D eigenvalue weighted by Gasteiger charge is -2.33. The quantitative estimate of drug-likeness (QED) is 0.728. The number of nitrogens with two attached hydrogens (primary N) is 1. The third-order valence-corrected chi connectivity index (χ3v) is 2.73. The van der Waals surface area contributed by atoms with Crippen LogP contribution in [0.1, 0.15) is 26.7 Å². The first-order valence-corrected chi connectivity index (χ1v) is 5.32. The second kappa shape index (κ2) is 5.20. The molecule has 1 heterocycles. The smallest absolute Gasteiger partial charge is 0.409 e. The molecule has 0 aliphatic carbocycles. The maximum absolute atomic E-state index is 11.4. The number of rotatable bonds is 2. The molecular formula is C10H20N2O2. The molecule has 0 aromatic heterocycles. The molecule has 0 aromatic carbocycles. The summed E-state index contributed by atoms with van der Waals surface area (Å²) in [4.78, 5) is 13.2. The summed E-state index contributed by atoms with van der Waals surface area (Å²) >= 11 is 0. The number of nitrogens with zero attached hydrogens (tertiary/aromatic N) is 1. The molecule has 2 N–H and O–H groups in total. The fraction of sp³-hybridized carbons (Fsp3) is 0.900. The first-order valence-electron chi connectivity index (χ1n) is 5.32. The maximum atomic E-state index is 11.4. The Morgan fingerprint density at radius 2 is 2.43 bits per heavy atom. The van der Waals surface area contributed by atoms with E-state index in [9.17, 15) is 4.79 Å². The van der Waals surface area contributed by atoms with Crippen LogP contribution in [-0.4, -0.2) is 36.7 Å². The van der Waals surface area contributed by atoms with Gasteiger partial charge in [0.15, 0.2) is 0 Å². The predicted molar refractivity (Wildman–Crippen MR) is 55.0 cm³/mol. The van der Waals surface area contributed by atoms with Gasteiger partial charge in [-0.1, -0.05) is 0 Å². The number of carbonyl (C=O) groups is 1. The minimum atomic E-state index is -0.196. The summed E-state index contributed by atoms with van der Waals surface area (Å²) in [6.07, 6.45) is 1.95. The highest BCUT2D eigenvalue weighted by molar-refractivity contribution is 5.67. The fourth-order valence-corrected chi connectivity index (χ4v) is 1.82. The van der Waals surface area contributed by atoms with Crippen LogP contribution in [-0.2, 0) is 4.74 Å². The lowest BCUT2D eigenvalue weighted by atomic mass is 9.92. The van der Waals surface area contributed by atoms with Crippen molar-refractivity contribution in [3.8, 4) is 0 Å². The van der Waals surface area contributed by atoms with Crippen LogP contribution in [0.15, 0.2) is 0 Å². The Hall–Kier alpha value is -0.770. The first kappa shape index (κ1) is 11.3. The number of ether oxygens (including phenoxy) is 1. The standard InChI is InChI=1S/C10H20N2O2/c1-3-14-10(13)12-6-4-5-9(7-12)8(2)11/h8-9H,3-7,11H2,1-2H3/t8-,9+/m0/s1. The van der Waals surface area contributed by atoms with Crippen molar-refractivity contribution in [3.05, 3.63) is 0 Å². The minimum absolute atomic E-state index is 0.159. The first-order chi connectivity index (χ1) is 6.65. The summed E-state index contributed by atoms with van der Waals surface area (Å²) in [5, 5.41) is 0. The maximum Gasteiger partial charge on any atom is 0.409 e. The van der Waals surface area contributed by atoms with Crippen LogP contribution in [0.2, 0.25) is 0 Å². The van der Waals surface area contributed by atoms with E-state index in [4.69, 9.17) is 10.5 Å². The average molecular weight is 200 g/mol. The highest BCUT2D eigenvalue weighted by Crippen LogP contribution is 2.19. The van der Waals surface area contributed by atoms with Crippen molar-refractivity contribution in [2.75, 3.05) is 19.7 Å². The van der Waals surface area contributed by atoms with Crippen molar-refractivity contribution < 1.29 is 9.53 Å². The second-order valence-electron chi connectivity index (χ2n) is 3.91. The van der Waals surface area contributed by atoms with Crippen molar-refractivity contribution in [1.29, 1.82) is 0 Å². The van der Waals surface area contributed by atoms with Crippen LogP contribution in [0.3, 0.4) is 0 Å². The van der Waals surface area contributed by atoms with Crippen LogP contribution >= 0.6 is 0 Å². The van der Waals surface area contributed by atoms with E-state index < -0.39 is 0 Å². The molecule has 1 aliphatic heterocycles. The van der Waals surface area contributed by atoms with E-state index in [0.29, 0.717) is 12.5 Å². The molecule has 0 saturated carbocycles. The Morgan fingerprint density at radius 1 is 1.71 bits per heavy atom. The molecule has 0 radical (unpaired) electrons. The van der Waals surface area contributed by atoms with Crippen molar-refractivity contribution >= 4 is 6.09 Å². The molecule has 4 nitrogen and oxygen atoms in total. The van der Waals surface area contributed by atoms with Gasteiger partial charge in [-0.2, -0.15) is 0 Å². The number of hydrogen-bond acceptors (Lipinski definition) is 3. The summed E-state index contributed by atoms with van der Waals surface area (Å²) in [5.41, 5.74) is 5.82. The molecule has 1 saturated heterocycles. The zero-order valence-corrected chi connectivity index (χ0v) is 9.03. The largest absolute Gasteiger partial charge is 0.450 e. The number of likely N-dealkylation sites (tertiary alicyclic amines) is 1. The molecule has 0 aromatic rings. The number of carbonyl (C=O) groups excluding carboxylic acids is 1. The van der Waals surface area contributed by atoms with Crippen LogP contribution < -0.4 is 5.73 Å². The summed E-state index contributed by atoms with van der Waals surface area (Å²) in [6.45, 7) is 5.82. The summed E-state index contributed by atoms with van der Waals surface area (Å²) in [5.74, 6) is 0.424. The van der Waals surface area contributed by atoms with Gasteiger partial charge in [0.05, 0.1) is 6.61 Å². The summed E-state index contributed by atoms with van der Waals surface area (Å²) in [7, 11) is 0. The lowest BCUT2D eigenvalue weighted by molar-refractivity contribution is 0.0855. The Labute approximate surface area is 85.4 Å². The van der Waals surface area contributed by atoms with E-state index in [-0.39, 0.29) is 12.1 Å². The van der Waals surface area contributed by atoms with E-state index in [1.54, 1.807) is 4.90 Å². The second-order valence-corrected chi connectivity index (χ2v) is 3.91. The minimum Gasteiger partial charge on any atom is -0.450 e. The number of piperidine rings is 1. The van der Waals surface area contributed by atoms with E-state index in [2.05, 4.69) is 0 Å². The van der Waals surface area contributed by atoms with Crippen molar-refractivity contribution in [2.24, 2.45) is 11.7 Å². The van der Waals surface area contributed by atoms with E-state index in [1.807, 2.05) is 13.8 Å². The van der Waals surface area contributed by atoms with Gasteiger partial charge in [-0.25, -0.2) is 4.79 Å². The van der Waals surface area contributed by atoms with Crippen molar-refractivity contribution in [1.82, 2.24) is 4.90 Å². The van der Waals surface area contributed by atoms with Crippen molar-refractivity contribution in [3.63, 3.8) is 0 Å². The fourth-order valence-electron chi connectivity index (χ4n) is 1.82. The van der Waals surface area contributed by atoms with E-state index in [0.717, 1.165) is 25.9 Å². The van der Waals surface area contributed by atoms with E-state index >= 15 is 0 Å². The summed E-state index contributed by atoms with van der Waals surface area (Å²) < 4.78 is 4.96. The van der Waals surface area contributed by atoms with Gasteiger partial charge >= 0.3 is 6.09 Å². The molecule has 1 amide bonds.